The maximum Gasteiger partial charge on any atom is 0.509 e. The van der Waals surface area contributed by atoms with E-state index in [0.717, 1.165) is 6.42 Å². The van der Waals surface area contributed by atoms with E-state index in [9.17, 15) is 34.2 Å². The Labute approximate surface area is 436 Å². The first kappa shape index (κ1) is 55.9. The lowest BCUT2D eigenvalue weighted by atomic mass is 9.41. The molecule has 18 heteroatoms. The topological polar surface area (TPSA) is 246 Å². The minimum absolute atomic E-state index is 0.0529. The number of ether oxygens (including phenoxy) is 8. The van der Waals surface area contributed by atoms with Gasteiger partial charge in [-0.3, -0.25) is 9.59 Å². The van der Waals surface area contributed by atoms with Crippen molar-refractivity contribution in [3.8, 4) is 0 Å². The molecule has 75 heavy (non-hydrogen) atoms. The number of nitrogens with one attached hydrogen (secondary N) is 1. The molecule has 0 aliphatic heterocycles. The standard InChI is InChI=1S/C57H69NO17/c1-32(2)42(58-50(64)75-53(5,6)7)44(72-52(66)69-31-36-22-16-12-17-23-36)49(63)70-39-29-57(67)47(73-48(62)37-24-18-13-19-25-37)45-55(10,40(60)28-38-26-27-56(38,45)74-34(4)59)46(61)43(41(33(39)3)54(57,8)9)71-51(65)68-30-35-20-14-11-15-21-35/h12-14,16-25,38-40,42-45,47,60,67H,1,11,15,26-31H2,2-10H3,(H,58,64)/t38?,39-,40?,42-,43?,44+,45?,47?,55?,56-,57?/m0/s1. The highest BCUT2D eigenvalue weighted by Crippen LogP contribution is 2.67. The van der Waals surface area contributed by atoms with Crippen LogP contribution in [0, 0.1) is 22.7 Å². The Hall–Kier alpha value is -6.79. The van der Waals surface area contributed by atoms with Gasteiger partial charge in [-0.05, 0) is 108 Å². The van der Waals surface area contributed by atoms with Gasteiger partial charge in [0.15, 0.2) is 11.9 Å². The van der Waals surface area contributed by atoms with Gasteiger partial charge in [-0.15, -0.1) is 0 Å². The summed E-state index contributed by atoms with van der Waals surface area (Å²) in [5.74, 6) is -6.05. The molecule has 0 radical (unpaired) electrons. The van der Waals surface area contributed by atoms with Gasteiger partial charge in [-0.25, -0.2) is 24.0 Å². The molecule has 404 valence electrons. The quantitative estimate of drug-likeness (QED) is 0.0915. The molecular formula is C57H69NO17. The van der Waals surface area contributed by atoms with E-state index >= 15 is 9.59 Å². The maximum atomic E-state index is 16.1. The van der Waals surface area contributed by atoms with Crippen molar-refractivity contribution in [1.29, 1.82) is 0 Å². The SMILES string of the molecule is C=C(C)[C@H](NC(=O)OC(C)(C)C)[C@@H](OC(=O)OCc1ccccc1)C(=O)O[C@H]1CC2(O)C(OC(=O)c3ccccc3)C3C(C)(C(=O)C(OC(=O)OCC4=CCCC=C4)C(=C1C)C2(C)C)C(O)CC1CC[C@]13OC(C)=O. The number of ketones is 1. The van der Waals surface area contributed by atoms with Crippen LogP contribution in [0.2, 0.25) is 0 Å². The fraction of sp³-hybridized carbons (Fsp3) is 0.526. The van der Waals surface area contributed by atoms with Gasteiger partial charge >= 0.3 is 36.3 Å². The molecule has 2 bridgehead atoms. The normalized spacial score (nSPS) is 29.3. The van der Waals surface area contributed by atoms with Crippen molar-refractivity contribution < 1.29 is 81.7 Å². The van der Waals surface area contributed by atoms with E-state index in [-0.39, 0.29) is 48.3 Å². The molecule has 0 heterocycles. The Balaban J connectivity index is 1.39. The first-order valence-electron chi connectivity index (χ1n) is 25.3. The third kappa shape index (κ3) is 11.3. The highest BCUT2D eigenvalue weighted by Gasteiger charge is 2.77. The molecule has 0 saturated heterocycles. The van der Waals surface area contributed by atoms with Crippen LogP contribution in [0.1, 0.15) is 117 Å². The molecule has 11 atom stereocenters. The van der Waals surface area contributed by atoms with Crippen molar-refractivity contribution in [3.63, 3.8) is 0 Å². The molecule has 2 aromatic carbocycles. The number of carbonyl (C=O) groups excluding carboxylic acids is 7. The van der Waals surface area contributed by atoms with Crippen LogP contribution in [0.3, 0.4) is 0 Å². The number of benzene rings is 2. The van der Waals surface area contributed by atoms with E-state index in [1.54, 1.807) is 89.2 Å². The van der Waals surface area contributed by atoms with Crippen LogP contribution in [0.25, 0.3) is 0 Å². The molecule has 7 unspecified atom stereocenters. The van der Waals surface area contributed by atoms with E-state index in [1.165, 1.54) is 39.8 Å². The average molecular weight is 1040 g/mol. The highest BCUT2D eigenvalue weighted by atomic mass is 16.7. The molecule has 0 spiro atoms. The second-order valence-corrected chi connectivity index (χ2v) is 22.0. The average Bonchev–Trinajstić information content (AvgIpc) is 3.35. The minimum Gasteiger partial charge on any atom is -0.458 e. The summed E-state index contributed by atoms with van der Waals surface area (Å²) in [5.41, 5.74) is -7.63. The summed E-state index contributed by atoms with van der Waals surface area (Å²) >= 11 is 0. The highest BCUT2D eigenvalue weighted by molar-refractivity contribution is 5.95. The molecule has 0 aromatic heterocycles. The third-order valence-electron chi connectivity index (χ3n) is 15.6. The molecule has 5 aliphatic carbocycles. The zero-order valence-corrected chi connectivity index (χ0v) is 44.0. The molecule has 2 aromatic rings. The number of allylic oxidation sites excluding steroid dienone is 2. The van der Waals surface area contributed by atoms with Crippen LogP contribution in [-0.2, 0) is 58.9 Å². The predicted molar refractivity (Wildman–Crippen MR) is 268 cm³/mol. The number of amides is 1. The number of fused-ring (bicyclic) bond motifs is 5. The molecule has 7 rings (SSSR count). The van der Waals surface area contributed by atoms with Gasteiger partial charge in [0.1, 0.15) is 48.3 Å². The van der Waals surface area contributed by atoms with Crippen LogP contribution in [-0.4, -0.2) is 112 Å². The fourth-order valence-corrected chi connectivity index (χ4v) is 11.6. The van der Waals surface area contributed by atoms with E-state index < -0.39 is 125 Å². The van der Waals surface area contributed by atoms with Crippen molar-refractivity contribution in [2.75, 3.05) is 6.61 Å². The molecule has 1 amide bonds. The van der Waals surface area contributed by atoms with Crippen molar-refractivity contribution in [2.24, 2.45) is 22.7 Å². The Kier molecular flexibility index (Phi) is 16.3. The molecule has 18 nitrogen and oxygen atoms in total. The summed E-state index contributed by atoms with van der Waals surface area (Å²) in [4.78, 5) is 100. The number of carbonyl (C=O) groups is 7. The largest absolute Gasteiger partial charge is 0.509 e. The second kappa shape index (κ2) is 21.8. The zero-order valence-electron chi connectivity index (χ0n) is 44.0. The Morgan fingerprint density at radius 2 is 1.53 bits per heavy atom. The monoisotopic (exact) mass is 1040 g/mol. The van der Waals surface area contributed by atoms with Gasteiger partial charge in [-0.2, -0.15) is 0 Å². The summed E-state index contributed by atoms with van der Waals surface area (Å²) in [5, 5.41) is 29.1. The number of hydrogen-bond acceptors (Lipinski definition) is 17. The van der Waals surface area contributed by atoms with Crippen LogP contribution < -0.4 is 5.32 Å². The fourth-order valence-electron chi connectivity index (χ4n) is 11.6. The van der Waals surface area contributed by atoms with Crippen molar-refractivity contribution in [2.45, 2.75) is 161 Å². The Morgan fingerprint density at radius 1 is 0.880 bits per heavy atom. The Morgan fingerprint density at radius 3 is 2.12 bits per heavy atom. The summed E-state index contributed by atoms with van der Waals surface area (Å²) in [6, 6.07) is 14.9. The van der Waals surface area contributed by atoms with Gasteiger partial charge in [0.25, 0.3) is 0 Å². The Bertz CT molecular complexity index is 2650. The molecular weight excluding hydrogens is 971 g/mol. The second-order valence-electron chi connectivity index (χ2n) is 22.0. The molecule has 3 fully saturated rings. The number of aliphatic hydroxyl groups excluding tert-OH is 1. The smallest absolute Gasteiger partial charge is 0.458 e. The summed E-state index contributed by atoms with van der Waals surface area (Å²) in [7, 11) is 0. The lowest BCUT2D eigenvalue weighted by Gasteiger charge is -2.68. The van der Waals surface area contributed by atoms with Crippen LogP contribution in [0.4, 0.5) is 14.4 Å². The molecule has 5 aliphatic rings. The first-order valence-corrected chi connectivity index (χ1v) is 25.3. The van der Waals surface area contributed by atoms with Gasteiger partial charge in [0.05, 0.1) is 23.0 Å². The molecule has 3 N–H and O–H groups in total. The number of aliphatic hydroxyl groups is 2. The number of rotatable bonds is 14. The van der Waals surface area contributed by atoms with Gasteiger partial charge < -0.3 is 53.4 Å². The first-order chi connectivity index (χ1) is 35.2. The molecule has 3 saturated carbocycles. The lowest BCUT2D eigenvalue weighted by Crippen LogP contribution is -2.78. The zero-order chi connectivity index (χ0) is 54.8. The minimum atomic E-state index is -2.48. The summed E-state index contributed by atoms with van der Waals surface area (Å²) < 4.78 is 47.5. The number of alkyl carbamates (subject to hydrolysis) is 1. The van der Waals surface area contributed by atoms with Gasteiger partial charge in [-0.1, -0.05) is 92.8 Å². The van der Waals surface area contributed by atoms with Crippen molar-refractivity contribution >= 4 is 42.1 Å². The van der Waals surface area contributed by atoms with Gasteiger partial charge in [0.2, 0.25) is 6.10 Å². The number of Topliss-reactive ketones (excluding diaryl/α,β-unsaturated/α-hetero) is 1. The van der Waals surface area contributed by atoms with Crippen LogP contribution >= 0.6 is 0 Å². The van der Waals surface area contributed by atoms with E-state index in [1.807, 2.05) is 12.2 Å². The maximum absolute atomic E-state index is 16.1. The van der Waals surface area contributed by atoms with Crippen molar-refractivity contribution in [1.82, 2.24) is 5.32 Å². The number of hydrogen-bond donors (Lipinski definition) is 3. The summed E-state index contributed by atoms with van der Waals surface area (Å²) in [6.45, 7) is 17.0. The van der Waals surface area contributed by atoms with E-state index in [0.29, 0.717) is 24.0 Å². The van der Waals surface area contributed by atoms with Gasteiger partial charge in [0, 0.05) is 24.7 Å². The van der Waals surface area contributed by atoms with Crippen LogP contribution in [0.15, 0.2) is 108 Å². The lowest BCUT2D eigenvalue weighted by molar-refractivity contribution is -0.296. The number of esters is 3. The summed E-state index contributed by atoms with van der Waals surface area (Å²) in [6.07, 6.45) is -5.77. The van der Waals surface area contributed by atoms with Crippen LogP contribution in [0.5, 0.6) is 0 Å². The third-order valence-corrected chi connectivity index (χ3v) is 15.6. The van der Waals surface area contributed by atoms with Crippen molar-refractivity contribution in [3.05, 3.63) is 119 Å². The van der Waals surface area contributed by atoms with E-state index in [4.69, 9.17) is 37.9 Å². The van der Waals surface area contributed by atoms with E-state index in [2.05, 4.69) is 11.9 Å². The predicted octanol–water partition coefficient (Wildman–Crippen LogP) is 8.27.